The number of nitrogen functional groups attached to an aromatic ring is 1. The van der Waals surface area contributed by atoms with E-state index in [1.165, 1.54) is 13.0 Å². The van der Waals surface area contributed by atoms with Crippen LogP contribution in [0.1, 0.15) is 26.7 Å². The second-order valence-corrected chi connectivity index (χ2v) is 6.50. The van der Waals surface area contributed by atoms with Gasteiger partial charge in [0.25, 0.3) is 0 Å². The molecule has 0 heterocycles. The van der Waals surface area contributed by atoms with E-state index in [4.69, 9.17) is 5.73 Å². The lowest BCUT2D eigenvalue weighted by molar-refractivity contribution is 0.0554. The summed E-state index contributed by atoms with van der Waals surface area (Å²) in [5.74, 6) is -0.878. The van der Waals surface area contributed by atoms with Gasteiger partial charge in [-0.1, -0.05) is 13.3 Å². The van der Waals surface area contributed by atoms with Gasteiger partial charge in [0.2, 0.25) is 10.0 Å². The molecule has 0 fully saturated rings. The molecule has 0 aliphatic rings. The second kappa shape index (κ2) is 5.85. The average Bonchev–Trinajstić information content (AvgIpc) is 2.30. The molecule has 1 unspecified atom stereocenters. The summed E-state index contributed by atoms with van der Waals surface area (Å²) >= 11 is 0. The van der Waals surface area contributed by atoms with Crippen molar-refractivity contribution in [2.24, 2.45) is 0 Å². The normalized spacial score (nSPS) is 15.2. The Bertz CT molecular complexity index is 544. The van der Waals surface area contributed by atoms with Crippen LogP contribution in [0.4, 0.5) is 10.1 Å². The van der Waals surface area contributed by atoms with Crippen molar-refractivity contribution in [2.45, 2.75) is 37.2 Å². The predicted octanol–water partition coefficient (Wildman–Crippen LogP) is 1.24. The van der Waals surface area contributed by atoms with Crippen molar-refractivity contribution in [1.29, 1.82) is 0 Å². The van der Waals surface area contributed by atoms with Crippen molar-refractivity contribution in [2.75, 3.05) is 12.3 Å². The van der Waals surface area contributed by atoms with Crippen LogP contribution in [-0.4, -0.2) is 25.7 Å². The third-order valence-electron chi connectivity index (χ3n) is 2.68. The van der Waals surface area contributed by atoms with Gasteiger partial charge in [0, 0.05) is 12.2 Å². The summed E-state index contributed by atoms with van der Waals surface area (Å²) in [6.45, 7) is 3.21. The zero-order valence-electron chi connectivity index (χ0n) is 11.0. The summed E-state index contributed by atoms with van der Waals surface area (Å²) in [5, 5.41) is 9.90. The summed E-state index contributed by atoms with van der Waals surface area (Å²) in [7, 11) is -4.03. The van der Waals surface area contributed by atoms with Gasteiger partial charge in [-0.25, -0.2) is 17.5 Å². The fourth-order valence-corrected chi connectivity index (χ4v) is 2.95. The van der Waals surface area contributed by atoms with Gasteiger partial charge in [-0.05, 0) is 31.5 Å². The van der Waals surface area contributed by atoms with Gasteiger partial charge in [0.05, 0.1) is 5.60 Å². The van der Waals surface area contributed by atoms with Gasteiger partial charge >= 0.3 is 0 Å². The Labute approximate surface area is 112 Å². The number of nitrogens with two attached hydrogens (primary N) is 1. The molecule has 0 spiro atoms. The topological polar surface area (TPSA) is 92.4 Å². The van der Waals surface area contributed by atoms with Crippen molar-refractivity contribution in [3.05, 3.63) is 24.0 Å². The Balaban J connectivity index is 2.90. The number of halogens is 1. The fourth-order valence-electron chi connectivity index (χ4n) is 1.68. The van der Waals surface area contributed by atoms with Gasteiger partial charge in [-0.3, -0.25) is 0 Å². The highest BCUT2D eigenvalue weighted by molar-refractivity contribution is 7.89. The molecule has 1 aromatic carbocycles. The van der Waals surface area contributed by atoms with Crippen molar-refractivity contribution < 1.29 is 17.9 Å². The largest absolute Gasteiger partial charge is 0.399 e. The van der Waals surface area contributed by atoms with Crippen LogP contribution >= 0.6 is 0 Å². The minimum absolute atomic E-state index is 0.155. The average molecular weight is 290 g/mol. The number of hydrogen-bond acceptors (Lipinski definition) is 4. The molecule has 4 N–H and O–H groups in total. The van der Waals surface area contributed by atoms with E-state index in [1.807, 2.05) is 6.92 Å². The maximum absolute atomic E-state index is 13.5. The highest BCUT2D eigenvalue weighted by Crippen LogP contribution is 2.18. The number of aliphatic hydroxyl groups is 1. The van der Waals surface area contributed by atoms with E-state index in [1.54, 1.807) is 0 Å². The number of anilines is 1. The van der Waals surface area contributed by atoms with E-state index in [0.717, 1.165) is 12.1 Å². The van der Waals surface area contributed by atoms with Crippen LogP contribution in [0.5, 0.6) is 0 Å². The highest BCUT2D eigenvalue weighted by Gasteiger charge is 2.25. The molecule has 5 nitrogen and oxygen atoms in total. The van der Waals surface area contributed by atoms with Crippen molar-refractivity contribution in [3.63, 3.8) is 0 Å². The molecule has 19 heavy (non-hydrogen) atoms. The summed E-state index contributed by atoms with van der Waals surface area (Å²) in [6, 6.07) is 3.32. The summed E-state index contributed by atoms with van der Waals surface area (Å²) in [5.41, 5.74) is 4.43. The lowest BCUT2D eigenvalue weighted by atomic mass is 10.0. The summed E-state index contributed by atoms with van der Waals surface area (Å²) < 4.78 is 39.6. The van der Waals surface area contributed by atoms with Gasteiger partial charge < -0.3 is 10.8 Å². The van der Waals surface area contributed by atoms with Crippen LogP contribution in [0.15, 0.2) is 23.1 Å². The zero-order valence-corrected chi connectivity index (χ0v) is 11.8. The molecule has 1 rings (SSSR count). The maximum atomic E-state index is 13.5. The standard InChI is InChI=1S/C12H19FN2O3S/c1-3-6-12(2,16)8-15-19(17,18)11-7-9(14)4-5-10(11)13/h4-5,7,15-16H,3,6,8,14H2,1-2H3. The minimum atomic E-state index is -4.03. The van der Waals surface area contributed by atoms with Gasteiger partial charge in [0.1, 0.15) is 10.7 Å². The Morgan fingerprint density at radius 1 is 1.47 bits per heavy atom. The van der Waals surface area contributed by atoms with E-state index in [2.05, 4.69) is 4.72 Å². The first kappa shape index (κ1) is 15.9. The van der Waals surface area contributed by atoms with E-state index in [-0.39, 0.29) is 12.2 Å². The third kappa shape index (κ3) is 4.45. The molecule has 0 aromatic heterocycles. The molecule has 0 saturated heterocycles. The predicted molar refractivity (Wildman–Crippen MR) is 71.5 cm³/mol. The quantitative estimate of drug-likeness (QED) is 0.687. The number of rotatable bonds is 6. The molecule has 0 amide bonds. The monoisotopic (exact) mass is 290 g/mol. The second-order valence-electron chi connectivity index (χ2n) is 4.76. The van der Waals surface area contributed by atoms with E-state index in [9.17, 15) is 17.9 Å². The maximum Gasteiger partial charge on any atom is 0.243 e. The molecule has 0 aliphatic carbocycles. The fraction of sp³-hybridized carbons (Fsp3) is 0.500. The van der Waals surface area contributed by atoms with Crippen LogP contribution in [0.3, 0.4) is 0 Å². The number of sulfonamides is 1. The van der Waals surface area contributed by atoms with Crippen LogP contribution in [0.2, 0.25) is 0 Å². The van der Waals surface area contributed by atoms with Crippen LogP contribution < -0.4 is 10.5 Å². The van der Waals surface area contributed by atoms with Crippen molar-refractivity contribution >= 4 is 15.7 Å². The molecule has 0 saturated carbocycles. The molecule has 1 aromatic rings. The molecular formula is C12H19FN2O3S. The SMILES string of the molecule is CCCC(C)(O)CNS(=O)(=O)c1cc(N)ccc1F. The first-order chi connectivity index (χ1) is 8.68. The van der Waals surface area contributed by atoms with E-state index in [0.29, 0.717) is 12.8 Å². The van der Waals surface area contributed by atoms with E-state index >= 15 is 0 Å². The first-order valence-electron chi connectivity index (χ1n) is 5.95. The lowest BCUT2D eigenvalue weighted by Crippen LogP contribution is -2.40. The molecule has 1 atom stereocenters. The van der Waals surface area contributed by atoms with Gasteiger partial charge in [0.15, 0.2) is 0 Å². The molecule has 0 radical (unpaired) electrons. The number of nitrogens with one attached hydrogen (secondary N) is 1. The van der Waals surface area contributed by atoms with Gasteiger partial charge in [-0.2, -0.15) is 0 Å². The smallest absolute Gasteiger partial charge is 0.243 e. The summed E-state index contributed by atoms with van der Waals surface area (Å²) in [6.07, 6.45) is 1.15. The van der Waals surface area contributed by atoms with Crippen LogP contribution in [-0.2, 0) is 10.0 Å². The van der Waals surface area contributed by atoms with Crippen molar-refractivity contribution in [1.82, 2.24) is 4.72 Å². The highest BCUT2D eigenvalue weighted by atomic mass is 32.2. The zero-order chi connectivity index (χ0) is 14.7. The molecule has 0 aliphatic heterocycles. The van der Waals surface area contributed by atoms with Crippen LogP contribution in [0, 0.1) is 5.82 Å². The Morgan fingerprint density at radius 3 is 2.68 bits per heavy atom. The molecular weight excluding hydrogens is 271 g/mol. The molecule has 0 bridgehead atoms. The van der Waals surface area contributed by atoms with E-state index < -0.39 is 26.3 Å². The van der Waals surface area contributed by atoms with Gasteiger partial charge in [-0.15, -0.1) is 0 Å². The number of benzene rings is 1. The van der Waals surface area contributed by atoms with Crippen LogP contribution in [0.25, 0.3) is 0 Å². The molecule has 7 heteroatoms. The Hall–Kier alpha value is -1.18. The summed E-state index contributed by atoms with van der Waals surface area (Å²) in [4.78, 5) is -0.514. The minimum Gasteiger partial charge on any atom is -0.399 e. The lowest BCUT2D eigenvalue weighted by Gasteiger charge is -2.22. The van der Waals surface area contributed by atoms with Crippen molar-refractivity contribution in [3.8, 4) is 0 Å². The number of hydrogen-bond donors (Lipinski definition) is 3. The Kier molecular flexibility index (Phi) is 4.89. The molecule has 108 valence electrons. The first-order valence-corrected chi connectivity index (χ1v) is 7.43. The Morgan fingerprint density at radius 2 is 2.11 bits per heavy atom. The third-order valence-corrected chi connectivity index (χ3v) is 4.09.